The van der Waals surface area contributed by atoms with Gasteiger partial charge in [-0.05, 0) is 93.6 Å². The fourth-order valence-electron chi connectivity index (χ4n) is 10.8. The quantitative estimate of drug-likeness (QED) is 0.199. The summed E-state index contributed by atoms with van der Waals surface area (Å²) < 4.78 is 28.2. The molecule has 5 saturated heterocycles. The minimum atomic E-state index is -0.500. The first-order valence-electron chi connectivity index (χ1n) is 22.4. The molecule has 0 radical (unpaired) electrons. The predicted molar refractivity (Wildman–Crippen MR) is 236 cm³/mol. The van der Waals surface area contributed by atoms with Gasteiger partial charge in [0.2, 0.25) is 17.7 Å². The Morgan fingerprint density at radius 2 is 1.65 bits per heavy atom. The number of fused-ring (bicyclic) bond motifs is 3. The van der Waals surface area contributed by atoms with Crippen molar-refractivity contribution in [2.24, 2.45) is 0 Å². The second kappa shape index (κ2) is 17.2. The molecule has 6 aliphatic heterocycles. The summed E-state index contributed by atoms with van der Waals surface area (Å²) in [7, 11) is 0. The number of imide groups is 1. The number of likely N-dealkylation sites (tertiary alicyclic amines) is 2. The van der Waals surface area contributed by atoms with E-state index in [4.69, 9.17) is 15.2 Å². The number of piperazine rings is 1. The zero-order valence-electron chi connectivity index (χ0n) is 35.3. The summed E-state index contributed by atoms with van der Waals surface area (Å²) in [5.41, 5.74) is 10.8. The van der Waals surface area contributed by atoms with E-state index in [1.54, 1.807) is 18.2 Å². The van der Waals surface area contributed by atoms with E-state index < -0.39 is 6.04 Å². The minimum absolute atomic E-state index is 0.00820. The molecule has 0 spiro atoms. The average Bonchev–Trinajstić information content (AvgIpc) is 3.56. The van der Waals surface area contributed by atoms with Crippen molar-refractivity contribution in [2.45, 2.75) is 81.5 Å². The first-order chi connectivity index (χ1) is 30.7. The van der Waals surface area contributed by atoms with Gasteiger partial charge in [0.25, 0.3) is 0 Å². The number of para-hydroxylation sites is 1. The Morgan fingerprint density at radius 1 is 0.873 bits per heavy atom. The van der Waals surface area contributed by atoms with Crippen molar-refractivity contribution in [1.82, 2.24) is 25.3 Å². The Hall–Kier alpha value is -6.16. The van der Waals surface area contributed by atoms with E-state index in [1.165, 1.54) is 6.07 Å². The second-order valence-electron chi connectivity index (χ2n) is 17.8. The molecule has 63 heavy (non-hydrogen) atoms. The molecule has 3 atom stereocenters. The summed E-state index contributed by atoms with van der Waals surface area (Å²) >= 11 is 0. The molecule has 4 aromatic rings. The largest absolute Gasteiger partial charge is 0.507 e. The third-order valence-corrected chi connectivity index (χ3v) is 14.0. The van der Waals surface area contributed by atoms with Crippen LogP contribution in [0.25, 0.3) is 11.3 Å². The molecule has 15 nitrogen and oxygen atoms in total. The number of phenols is 1. The Bertz CT molecular complexity index is 2370. The first kappa shape index (κ1) is 40.9. The molecule has 0 aliphatic carbocycles. The van der Waals surface area contributed by atoms with Gasteiger partial charge in [-0.25, -0.2) is 4.39 Å². The number of nitrogen functional groups attached to an aromatic ring is 1. The van der Waals surface area contributed by atoms with Crippen LogP contribution >= 0.6 is 0 Å². The normalized spacial score (nSPS) is 23.3. The molecule has 6 aliphatic rings. The van der Waals surface area contributed by atoms with E-state index in [1.807, 2.05) is 34.1 Å². The number of carbonyl (C=O) groups is 3. The number of halogens is 1. The summed E-state index contributed by atoms with van der Waals surface area (Å²) in [5.74, 6) is 0.982. The molecular weight excluding hydrogens is 806 g/mol. The van der Waals surface area contributed by atoms with Gasteiger partial charge in [0.15, 0.2) is 5.82 Å². The van der Waals surface area contributed by atoms with Crippen molar-refractivity contribution in [3.05, 3.63) is 78.1 Å². The zero-order chi connectivity index (χ0) is 43.2. The Morgan fingerprint density at radius 3 is 2.41 bits per heavy atom. The molecule has 2 bridgehead atoms. The van der Waals surface area contributed by atoms with E-state index in [-0.39, 0.29) is 59.8 Å². The fraction of sp³-hybridized carbons (Fsp3) is 0.468. The van der Waals surface area contributed by atoms with Gasteiger partial charge in [0.05, 0.1) is 30.2 Å². The van der Waals surface area contributed by atoms with E-state index in [2.05, 4.69) is 48.4 Å². The molecule has 5 fully saturated rings. The summed E-state index contributed by atoms with van der Waals surface area (Å²) in [5, 5.41) is 21.4. The number of phenolic OH excluding ortho intramolecular Hbond substituents is 1. The lowest BCUT2D eigenvalue weighted by Crippen LogP contribution is -2.54. The summed E-state index contributed by atoms with van der Waals surface area (Å²) in [6.45, 7) is 5.31. The number of amides is 3. The zero-order valence-corrected chi connectivity index (χ0v) is 35.3. The van der Waals surface area contributed by atoms with Crippen LogP contribution in [0.1, 0.15) is 62.8 Å². The molecule has 1 unspecified atom stereocenters. The number of piperidine rings is 3. The molecular formula is C47H54FN9O6. The number of nitrogens with zero attached hydrogens (tertiary/aromatic N) is 7. The standard InChI is InChI=1S/C47H54FN9O6/c48-36-10-11-38-45(62-23-22-56(38)39-12-13-42(59)50-47(39)61)44(36)29-14-18-53(19-15-29)28-43(60)54-20-16-33(17-21-54)63-34-5-3-4-30(24-34)57-31-8-9-32(57)27-55(26-31)40-25-37(51-52-46(40)49)35-6-1-2-7-41(35)58/h1-7,10-11,24-25,29,31-33,39,58H,8-9,12-23,26-28H2,(H2,49,52)(H,50,59,61)/t31-,32+,39?. The lowest BCUT2D eigenvalue weighted by molar-refractivity contribution is -0.135. The number of nitrogens with one attached hydrogen (secondary N) is 1. The maximum atomic E-state index is 15.5. The van der Waals surface area contributed by atoms with Crippen LogP contribution in [0.5, 0.6) is 17.2 Å². The van der Waals surface area contributed by atoms with Crippen molar-refractivity contribution < 1.29 is 33.4 Å². The monoisotopic (exact) mass is 859 g/mol. The number of nitrogens with two attached hydrogens (primary N) is 1. The molecule has 330 valence electrons. The number of ether oxygens (including phenoxy) is 2. The van der Waals surface area contributed by atoms with Crippen LogP contribution in [0.3, 0.4) is 0 Å². The van der Waals surface area contributed by atoms with Gasteiger partial charge in [0.1, 0.15) is 41.8 Å². The number of aromatic hydroxyl groups is 1. The molecule has 0 saturated carbocycles. The SMILES string of the molecule is Nc1nnc(-c2ccccc2O)cc1N1C[C@H]2CC[C@@H](C1)N2c1cccc(OC2CCN(C(=O)CN3CCC(c4c(F)ccc5c4OCCN5C4CCC(=O)NC4=O)CC3)CC2)c1. The van der Waals surface area contributed by atoms with Crippen LogP contribution in [-0.2, 0) is 14.4 Å². The highest BCUT2D eigenvalue weighted by molar-refractivity contribution is 6.02. The highest BCUT2D eigenvalue weighted by atomic mass is 19.1. The number of anilines is 4. The minimum Gasteiger partial charge on any atom is -0.507 e. The Labute approximate surface area is 365 Å². The van der Waals surface area contributed by atoms with Crippen molar-refractivity contribution in [3.63, 3.8) is 0 Å². The van der Waals surface area contributed by atoms with Gasteiger partial charge in [-0.1, -0.05) is 18.2 Å². The van der Waals surface area contributed by atoms with Crippen LogP contribution < -0.4 is 35.2 Å². The summed E-state index contributed by atoms with van der Waals surface area (Å²) in [6, 6.07) is 20.7. The number of benzene rings is 3. The van der Waals surface area contributed by atoms with Gasteiger partial charge in [-0.15, -0.1) is 10.2 Å². The first-order valence-corrected chi connectivity index (χ1v) is 22.4. The summed E-state index contributed by atoms with van der Waals surface area (Å²) in [4.78, 5) is 48.9. The molecule has 16 heteroatoms. The molecule has 3 aromatic carbocycles. The van der Waals surface area contributed by atoms with Crippen molar-refractivity contribution in [2.75, 3.05) is 79.4 Å². The fourth-order valence-corrected chi connectivity index (χ4v) is 10.8. The van der Waals surface area contributed by atoms with Crippen LogP contribution in [0.4, 0.5) is 27.3 Å². The van der Waals surface area contributed by atoms with E-state index in [0.29, 0.717) is 99.2 Å². The van der Waals surface area contributed by atoms with Crippen LogP contribution in [0.15, 0.2) is 66.7 Å². The summed E-state index contributed by atoms with van der Waals surface area (Å²) in [6.07, 6.45) is 5.70. The van der Waals surface area contributed by atoms with Gasteiger partial charge in [0, 0.05) is 80.4 Å². The lowest BCUT2D eigenvalue weighted by atomic mass is 9.87. The maximum Gasteiger partial charge on any atom is 0.249 e. The van der Waals surface area contributed by atoms with Gasteiger partial charge in [-0.3, -0.25) is 24.6 Å². The predicted octanol–water partition coefficient (Wildman–Crippen LogP) is 4.68. The lowest BCUT2D eigenvalue weighted by Gasteiger charge is -2.43. The van der Waals surface area contributed by atoms with E-state index in [0.717, 1.165) is 55.9 Å². The van der Waals surface area contributed by atoms with Crippen molar-refractivity contribution >= 4 is 40.6 Å². The number of hydrogen-bond donors (Lipinski definition) is 3. The highest BCUT2D eigenvalue weighted by Crippen LogP contribution is 2.45. The molecule has 3 amide bonds. The van der Waals surface area contributed by atoms with Crippen molar-refractivity contribution in [1.29, 1.82) is 0 Å². The van der Waals surface area contributed by atoms with Gasteiger partial charge >= 0.3 is 0 Å². The van der Waals surface area contributed by atoms with Crippen LogP contribution in [0.2, 0.25) is 0 Å². The van der Waals surface area contributed by atoms with Crippen LogP contribution in [-0.4, -0.2) is 126 Å². The third kappa shape index (κ3) is 8.16. The van der Waals surface area contributed by atoms with Gasteiger partial charge < -0.3 is 39.9 Å². The molecule has 7 heterocycles. The highest BCUT2D eigenvalue weighted by Gasteiger charge is 2.42. The average molecular weight is 860 g/mol. The molecule has 1 aromatic heterocycles. The van der Waals surface area contributed by atoms with E-state index in [9.17, 15) is 19.5 Å². The van der Waals surface area contributed by atoms with Crippen molar-refractivity contribution in [3.8, 4) is 28.5 Å². The third-order valence-electron chi connectivity index (χ3n) is 14.0. The second-order valence-corrected chi connectivity index (χ2v) is 17.8. The van der Waals surface area contributed by atoms with Gasteiger partial charge in [-0.2, -0.15) is 0 Å². The number of rotatable bonds is 9. The number of aromatic nitrogens is 2. The Balaban J connectivity index is 0.709. The Kier molecular flexibility index (Phi) is 11.2. The van der Waals surface area contributed by atoms with E-state index >= 15 is 4.39 Å². The van der Waals surface area contributed by atoms with Crippen LogP contribution in [0, 0.1) is 5.82 Å². The smallest absolute Gasteiger partial charge is 0.249 e. The number of hydrogen-bond acceptors (Lipinski definition) is 13. The topological polar surface area (TPSA) is 170 Å². The molecule has 10 rings (SSSR count). The molecule has 4 N–H and O–H groups in total. The number of carbonyl (C=O) groups excluding carboxylic acids is 3. The maximum absolute atomic E-state index is 15.5.